The number of hydrogen-bond donors (Lipinski definition) is 2. The Labute approximate surface area is 163 Å². The molecule has 8 heteroatoms. The largest absolute Gasteiger partial charge is 0.497 e. The summed E-state index contributed by atoms with van der Waals surface area (Å²) >= 11 is 0. The molecule has 2 amide bonds. The SMILES string of the molecule is CCNC(=O)c1cc(NC(=O)COc2cccc(OC)c2)c(OC)c(OC)c1. The Morgan fingerprint density at radius 3 is 2.36 bits per heavy atom. The molecule has 0 saturated heterocycles. The van der Waals surface area contributed by atoms with E-state index in [1.165, 1.54) is 20.3 Å². The van der Waals surface area contributed by atoms with Crippen LogP contribution >= 0.6 is 0 Å². The van der Waals surface area contributed by atoms with Crippen LogP contribution in [0.15, 0.2) is 36.4 Å². The highest BCUT2D eigenvalue weighted by molar-refractivity contribution is 5.99. The summed E-state index contributed by atoms with van der Waals surface area (Å²) in [5.74, 6) is 1.05. The topological polar surface area (TPSA) is 95.1 Å². The number of ether oxygens (including phenoxy) is 4. The maximum atomic E-state index is 12.4. The Bertz CT molecular complexity index is 837. The number of amides is 2. The van der Waals surface area contributed by atoms with Gasteiger partial charge in [-0.25, -0.2) is 0 Å². The fourth-order valence-corrected chi connectivity index (χ4v) is 2.48. The lowest BCUT2D eigenvalue weighted by molar-refractivity contribution is -0.118. The summed E-state index contributed by atoms with van der Waals surface area (Å²) in [4.78, 5) is 24.5. The fourth-order valence-electron chi connectivity index (χ4n) is 2.48. The number of hydrogen-bond acceptors (Lipinski definition) is 6. The molecule has 0 atom stereocenters. The predicted octanol–water partition coefficient (Wildman–Crippen LogP) is 2.48. The minimum atomic E-state index is -0.420. The minimum Gasteiger partial charge on any atom is -0.497 e. The smallest absolute Gasteiger partial charge is 0.262 e. The van der Waals surface area contributed by atoms with Crippen molar-refractivity contribution in [3.63, 3.8) is 0 Å². The lowest BCUT2D eigenvalue weighted by Gasteiger charge is -2.16. The summed E-state index contributed by atoms with van der Waals surface area (Å²) in [6.07, 6.45) is 0. The van der Waals surface area contributed by atoms with Crippen molar-refractivity contribution in [2.24, 2.45) is 0 Å². The number of nitrogens with one attached hydrogen (secondary N) is 2. The van der Waals surface area contributed by atoms with E-state index >= 15 is 0 Å². The first-order valence-corrected chi connectivity index (χ1v) is 8.63. The second kappa shape index (κ2) is 10.1. The van der Waals surface area contributed by atoms with Crippen LogP contribution in [-0.4, -0.2) is 46.3 Å². The molecule has 0 radical (unpaired) electrons. The summed E-state index contributed by atoms with van der Waals surface area (Å²) < 4.78 is 21.2. The fraction of sp³-hybridized carbons (Fsp3) is 0.300. The van der Waals surface area contributed by atoms with Crippen LogP contribution in [0.5, 0.6) is 23.0 Å². The first-order valence-electron chi connectivity index (χ1n) is 8.63. The maximum absolute atomic E-state index is 12.4. The Balaban J connectivity index is 2.16. The van der Waals surface area contributed by atoms with Crippen LogP contribution in [0.1, 0.15) is 17.3 Å². The highest BCUT2D eigenvalue weighted by atomic mass is 16.5. The number of benzene rings is 2. The van der Waals surface area contributed by atoms with Gasteiger partial charge in [-0.3, -0.25) is 9.59 Å². The highest BCUT2D eigenvalue weighted by Gasteiger charge is 2.18. The lowest BCUT2D eigenvalue weighted by Crippen LogP contribution is -2.24. The standard InChI is InChI=1S/C20H24N2O6/c1-5-21-20(24)13-9-16(19(27-4)17(10-13)26-3)22-18(23)12-28-15-8-6-7-14(11-15)25-2/h6-11H,5,12H2,1-4H3,(H,21,24)(H,22,23). The summed E-state index contributed by atoms with van der Waals surface area (Å²) in [5.41, 5.74) is 0.644. The van der Waals surface area contributed by atoms with E-state index in [2.05, 4.69) is 10.6 Å². The van der Waals surface area contributed by atoms with Gasteiger partial charge in [0.1, 0.15) is 11.5 Å². The Morgan fingerprint density at radius 2 is 1.71 bits per heavy atom. The van der Waals surface area contributed by atoms with Crippen LogP contribution in [0.2, 0.25) is 0 Å². The van der Waals surface area contributed by atoms with Gasteiger partial charge >= 0.3 is 0 Å². The molecule has 0 aliphatic carbocycles. The summed E-state index contributed by atoms with van der Waals surface area (Å²) in [6, 6.07) is 10.00. The molecular weight excluding hydrogens is 364 g/mol. The molecular formula is C20H24N2O6. The third kappa shape index (κ3) is 5.29. The molecule has 0 aliphatic rings. The van der Waals surface area contributed by atoms with Gasteiger partial charge in [-0.1, -0.05) is 6.07 Å². The molecule has 2 aromatic rings. The maximum Gasteiger partial charge on any atom is 0.262 e. The second-order valence-corrected chi connectivity index (χ2v) is 5.63. The van der Waals surface area contributed by atoms with Gasteiger partial charge in [-0.2, -0.15) is 0 Å². The number of anilines is 1. The number of carbonyl (C=O) groups excluding carboxylic acids is 2. The zero-order chi connectivity index (χ0) is 20.5. The van der Waals surface area contributed by atoms with Crippen molar-refractivity contribution in [1.29, 1.82) is 0 Å². The van der Waals surface area contributed by atoms with Gasteiger partial charge in [0, 0.05) is 18.2 Å². The van der Waals surface area contributed by atoms with Crippen molar-refractivity contribution in [1.82, 2.24) is 5.32 Å². The van der Waals surface area contributed by atoms with Crippen molar-refractivity contribution < 1.29 is 28.5 Å². The Kier molecular flexibility index (Phi) is 7.50. The third-order valence-electron chi connectivity index (χ3n) is 3.76. The van der Waals surface area contributed by atoms with E-state index in [9.17, 15) is 9.59 Å². The monoisotopic (exact) mass is 388 g/mol. The first-order chi connectivity index (χ1) is 13.5. The van der Waals surface area contributed by atoms with Crippen LogP contribution in [0, 0.1) is 0 Å². The zero-order valence-electron chi connectivity index (χ0n) is 16.3. The van der Waals surface area contributed by atoms with E-state index in [1.54, 1.807) is 37.4 Å². The molecule has 150 valence electrons. The van der Waals surface area contributed by atoms with Crippen molar-refractivity contribution in [2.75, 3.05) is 39.8 Å². The number of methoxy groups -OCH3 is 3. The van der Waals surface area contributed by atoms with Crippen molar-refractivity contribution in [2.45, 2.75) is 6.92 Å². The molecule has 2 aromatic carbocycles. The van der Waals surface area contributed by atoms with E-state index in [4.69, 9.17) is 18.9 Å². The van der Waals surface area contributed by atoms with Crippen LogP contribution < -0.4 is 29.6 Å². The van der Waals surface area contributed by atoms with E-state index in [-0.39, 0.29) is 12.5 Å². The molecule has 0 unspecified atom stereocenters. The molecule has 0 aliphatic heterocycles. The molecule has 28 heavy (non-hydrogen) atoms. The van der Waals surface area contributed by atoms with Gasteiger partial charge in [0.05, 0.1) is 27.0 Å². The van der Waals surface area contributed by atoms with E-state index in [0.717, 1.165) is 0 Å². The van der Waals surface area contributed by atoms with Gasteiger partial charge in [-0.15, -0.1) is 0 Å². The van der Waals surface area contributed by atoms with Gasteiger partial charge < -0.3 is 29.6 Å². The van der Waals surface area contributed by atoms with Crippen LogP contribution in [0.25, 0.3) is 0 Å². The third-order valence-corrected chi connectivity index (χ3v) is 3.76. The normalized spacial score (nSPS) is 10.0. The van der Waals surface area contributed by atoms with Crippen molar-refractivity contribution in [3.8, 4) is 23.0 Å². The lowest BCUT2D eigenvalue weighted by atomic mass is 10.1. The Hall–Kier alpha value is -3.42. The number of carbonyl (C=O) groups is 2. The van der Waals surface area contributed by atoms with E-state index in [0.29, 0.717) is 40.8 Å². The zero-order valence-corrected chi connectivity index (χ0v) is 16.3. The number of rotatable bonds is 9. The summed E-state index contributed by atoms with van der Waals surface area (Å²) in [6.45, 7) is 2.06. The highest BCUT2D eigenvalue weighted by Crippen LogP contribution is 2.36. The molecule has 0 bridgehead atoms. The molecule has 8 nitrogen and oxygen atoms in total. The molecule has 2 N–H and O–H groups in total. The van der Waals surface area contributed by atoms with Crippen molar-refractivity contribution in [3.05, 3.63) is 42.0 Å². The Morgan fingerprint density at radius 1 is 0.964 bits per heavy atom. The van der Waals surface area contributed by atoms with Crippen LogP contribution in [-0.2, 0) is 4.79 Å². The summed E-state index contributed by atoms with van der Waals surface area (Å²) in [5, 5.41) is 5.40. The minimum absolute atomic E-state index is 0.232. The molecule has 2 rings (SSSR count). The van der Waals surface area contributed by atoms with Crippen LogP contribution in [0.4, 0.5) is 5.69 Å². The average molecular weight is 388 g/mol. The van der Waals surface area contributed by atoms with Gasteiger partial charge in [-0.05, 0) is 31.2 Å². The molecule has 0 spiro atoms. The van der Waals surface area contributed by atoms with Gasteiger partial charge in [0.2, 0.25) is 0 Å². The van der Waals surface area contributed by atoms with Crippen molar-refractivity contribution >= 4 is 17.5 Å². The molecule has 0 aromatic heterocycles. The quantitative estimate of drug-likeness (QED) is 0.685. The van der Waals surface area contributed by atoms with Crippen LogP contribution in [0.3, 0.4) is 0 Å². The van der Waals surface area contributed by atoms with Gasteiger partial charge in [0.25, 0.3) is 11.8 Å². The average Bonchev–Trinajstić information content (AvgIpc) is 2.71. The van der Waals surface area contributed by atoms with Gasteiger partial charge in [0.15, 0.2) is 18.1 Å². The van der Waals surface area contributed by atoms with E-state index < -0.39 is 5.91 Å². The molecule has 0 fully saturated rings. The molecule has 0 heterocycles. The predicted molar refractivity (Wildman–Crippen MR) is 105 cm³/mol. The second-order valence-electron chi connectivity index (χ2n) is 5.63. The molecule has 0 saturated carbocycles. The first kappa shape index (κ1) is 20.9. The summed E-state index contributed by atoms with van der Waals surface area (Å²) in [7, 11) is 4.45. The van der Waals surface area contributed by atoms with E-state index in [1.807, 2.05) is 6.92 Å².